The van der Waals surface area contributed by atoms with E-state index in [1.165, 1.54) is 6.07 Å². The second-order valence-corrected chi connectivity index (χ2v) is 7.13. The Kier molecular flexibility index (Phi) is 6.95. The van der Waals surface area contributed by atoms with Gasteiger partial charge >= 0.3 is 0 Å². The van der Waals surface area contributed by atoms with Crippen LogP contribution in [0.4, 0.5) is 8.78 Å². The lowest BCUT2D eigenvalue weighted by Gasteiger charge is -2.15. The molecule has 150 valence electrons. The number of ether oxygens (including phenoxy) is 1. The van der Waals surface area contributed by atoms with Crippen LogP contribution in [0, 0.1) is 11.6 Å². The fourth-order valence-corrected chi connectivity index (χ4v) is 3.07. The fraction of sp³-hybridized carbons (Fsp3) is 0.136. The van der Waals surface area contributed by atoms with Crippen LogP contribution in [-0.4, -0.2) is 17.6 Å². The summed E-state index contributed by atoms with van der Waals surface area (Å²) in [4.78, 5) is 12.6. The number of carbonyl (C=O) groups is 1. The van der Waals surface area contributed by atoms with Crippen molar-refractivity contribution < 1.29 is 23.4 Å². The van der Waals surface area contributed by atoms with Crippen LogP contribution < -0.4 is 10.1 Å². The highest BCUT2D eigenvalue weighted by atomic mass is 79.9. The van der Waals surface area contributed by atoms with Crippen molar-refractivity contribution in [2.45, 2.75) is 12.7 Å². The molecule has 1 atom stereocenters. The van der Waals surface area contributed by atoms with Gasteiger partial charge in [0.1, 0.15) is 12.4 Å². The minimum atomic E-state index is -1.18. The zero-order valence-corrected chi connectivity index (χ0v) is 16.8. The Bertz CT molecular complexity index is 1010. The maximum atomic E-state index is 13.3. The van der Waals surface area contributed by atoms with E-state index >= 15 is 0 Å². The van der Waals surface area contributed by atoms with Crippen LogP contribution in [-0.2, 0) is 6.61 Å². The SMILES string of the molecule is O=C(NCC(O)c1ccc(F)c(F)c1)c1ccccc1OCc1ccccc1Br. The summed E-state index contributed by atoms with van der Waals surface area (Å²) < 4.78 is 33.0. The average molecular weight is 462 g/mol. The number of hydrogen-bond donors (Lipinski definition) is 2. The van der Waals surface area contributed by atoms with Gasteiger partial charge in [0.2, 0.25) is 0 Å². The Labute approximate surface area is 175 Å². The maximum Gasteiger partial charge on any atom is 0.255 e. The number of aliphatic hydroxyl groups excluding tert-OH is 1. The third kappa shape index (κ3) is 5.40. The van der Waals surface area contributed by atoms with Crippen LogP contribution in [0.15, 0.2) is 71.2 Å². The Hall–Kier alpha value is -2.77. The normalized spacial score (nSPS) is 11.7. The molecule has 0 heterocycles. The number of carbonyl (C=O) groups excluding carboxylic acids is 1. The Morgan fingerprint density at radius 2 is 1.76 bits per heavy atom. The predicted octanol–water partition coefficient (Wildman–Crippen LogP) is 4.77. The van der Waals surface area contributed by atoms with Crippen molar-refractivity contribution in [3.63, 3.8) is 0 Å². The first kappa shape index (κ1) is 21.0. The van der Waals surface area contributed by atoms with Crippen molar-refractivity contribution >= 4 is 21.8 Å². The Morgan fingerprint density at radius 1 is 1.03 bits per heavy atom. The summed E-state index contributed by atoms with van der Waals surface area (Å²) in [6.07, 6.45) is -1.18. The molecular formula is C22H18BrF2NO3. The fourth-order valence-electron chi connectivity index (χ4n) is 2.67. The quantitative estimate of drug-likeness (QED) is 0.532. The van der Waals surface area contributed by atoms with Crippen LogP contribution in [0.25, 0.3) is 0 Å². The molecule has 0 bridgehead atoms. The lowest BCUT2D eigenvalue weighted by Crippen LogP contribution is -2.28. The van der Waals surface area contributed by atoms with E-state index in [2.05, 4.69) is 21.2 Å². The molecule has 4 nitrogen and oxygen atoms in total. The van der Waals surface area contributed by atoms with E-state index in [4.69, 9.17) is 4.74 Å². The number of amides is 1. The van der Waals surface area contributed by atoms with E-state index in [-0.39, 0.29) is 18.7 Å². The van der Waals surface area contributed by atoms with Gasteiger partial charge in [-0.1, -0.05) is 52.3 Å². The van der Waals surface area contributed by atoms with Crippen molar-refractivity contribution in [2.24, 2.45) is 0 Å². The summed E-state index contributed by atoms with van der Waals surface area (Å²) in [5.41, 5.74) is 1.40. The Morgan fingerprint density at radius 3 is 2.52 bits per heavy atom. The summed E-state index contributed by atoms with van der Waals surface area (Å²) in [5.74, 6) is -2.11. The van der Waals surface area contributed by atoms with Gasteiger partial charge in [0.05, 0.1) is 11.7 Å². The Balaban J connectivity index is 1.65. The number of para-hydroxylation sites is 1. The van der Waals surface area contributed by atoms with Gasteiger partial charge in [0.15, 0.2) is 11.6 Å². The van der Waals surface area contributed by atoms with E-state index in [9.17, 15) is 18.7 Å². The van der Waals surface area contributed by atoms with Crippen molar-refractivity contribution in [2.75, 3.05) is 6.54 Å². The molecule has 3 aromatic carbocycles. The first-order chi connectivity index (χ1) is 14.0. The standard InChI is InChI=1S/C22H18BrF2NO3/c23-17-7-3-1-5-15(17)13-29-21-8-4-2-6-16(21)22(28)26-12-20(27)14-9-10-18(24)19(25)11-14/h1-11,20,27H,12-13H2,(H,26,28). The topological polar surface area (TPSA) is 58.6 Å². The van der Waals surface area contributed by atoms with E-state index in [0.717, 1.165) is 22.2 Å². The summed E-state index contributed by atoms with van der Waals surface area (Å²) in [5, 5.41) is 12.7. The molecule has 0 spiro atoms. The second-order valence-electron chi connectivity index (χ2n) is 6.28. The third-order valence-corrected chi connectivity index (χ3v) is 5.03. The van der Waals surface area contributed by atoms with Gasteiger partial charge in [0, 0.05) is 16.6 Å². The molecule has 7 heteroatoms. The minimum Gasteiger partial charge on any atom is -0.488 e. The largest absolute Gasteiger partial charge is 0.488 e. The number of hydrogen-bond acceptors (Lipinski definition) is 3. The van der Waals surface area contributed by atoms with Crippen LogP contribution in [0.5, 0.6) is 5.75 Å². The lowest BCUT2D eigenvalue weighted by molar-refractivity contribution is 0.0911. The molecule has 0 saturated heterocycles. The molecule has 0 saturated carbocycles. The van der Waals surface area contributed by atoms with Crippen LogP contribution in [0.2, 0.25) is 0 Å². The minimum absolute atomic E-state index is 0.164. The van der Waals surface area contributed by atoms with E-state index < -0.39 is 23.6 Å². The molecule has 3 aromatic rings. The van der Waals surface area contributed by atoms with Crippen molar-refractivity contribution in [1.29, 1.82) is 0 Å². The average Bonchev–Trinajstić information content (AvgIpc) is 2.73. The van der Waals surface area contributed by atoms with Gasteiger partial charge in [-0.3, -0.25) is 4.79 Å². The predicted molar refractivity (Wildman–Crippen MR) is 109 cm³/mol. The van der Waals surface area contributed by atoms with E-state index in [1.54, 1.807) is 24.3 Å². The molecule has 1 amide bonds. The first-order valence-corrected chi connectivity index (χ1v) is 9.61. The molecule has 0 aliphatic heterocycles. The molecule has 0 aliphatic rings. The summed E-state index contributed by atoms with van der Waals surface area (Å²) >= 11 is 3.45. The molecule has 2 N–H and O–H groups in total. The highest BCUT2D eigenvalue weighted by Gasteiger charge is 2.16. The van der Waals surface area contributed by atoms with Crippen LogP contribution >= 0.6 is 15.9 Å². The van der Waals surface area contributed by atoms with Crippen molar-refractivity contribution in [1.82, 2.24) is 5.32 Å². The van der Waals surface area contributed by atoms with E-state index in [1.807, 2.05) is 24.3 Å². The molecule has 0 radical (unpaired) electrons. The molecule has 0 fully saturated rings. The summed E-state index contributed by atoms with van der Waals surface area (Å²) in [6, 6.07) is 17.4. The van der Waals surface area contributed by atoms with Crippen LogP contribution in [0.1, 0.15) is 27.6 Å². The van der Waals surface area contributed by atoms with Crippen molar-refractivity contribution in [3.8, 4) is 5.75 Å². The van der Waals surface area contributed by atoms with Crippen LogP contribution in [0.3, 0.4) is 0 Å². The zero-order valence-electron chi connectivity index (χ0n) is 15.2. The van der Waals surface area contributed by atoms with Gasteiger partial charge < -0.3 is 15.2 Å². The molecular weight excluding hydrogens is 444 g/mol. The van der Waals surface area contributed by atoms with Gasteiger partial charge in [-0.2, -0.15) is 0 Å². The monoisotopic (exact) mass is 461 g/mol. The number of rotatable bonds is 7. The third-order valence-electron chi connectivity index (χ3n) is 4.26. The van der Waals surface area contributed by atoms with Gasteiger partial charge in [0.25, 0.3) is 5.91 Å². The van der Waals surface area contributed by atoms with Gasteiger partial charge in [-0.15, -0.1) is 0 Å². The van der Waals surface area contributed by atoms with Crippen molar-refractivity contribution in [3.05, 3.63) is 99.5 Å². The smallest absolute Gasteiger partial charge is 0.255 e. The molecule has 0 aliphatic carbocycles. The number of aliphatic hydroxyl groups is 1. The number of nitrogens with one attached hydrogen (secondary N) is 1. The van der Waals surface area contributed by atoms with E-state index in [0.29, 0.717) is 11.3 Å². The van der Waals surface area contributed by atoms with Gasteiger partial charge in [-0.25, -0.2) is 8.78 Å². The summed E-state index contributed by atoms with van der Waals surface area (Å²) in [6.45, 7) is 0.103. The zero-order chi connectivity index (χ0) is 20.8. The lowest BCUT2D eigenvalue weighted by atomic mass is 10.1. The molecule has 1 unspecified atom stereocenters. The highest BCUT2D eigenvalue weighted by Crippen LogP contribution is 2.23. The first-order valence-electron chi connectivity index (χ1n) is 8.82. The maximum absolute atomic E-state index is 13.3. The molecule has 0 aromatic heterocycles. The number of benzene rings is 3. The summed E-state index contributed by atoms with van der Waals surface area (Å²) in [7, 11) is 0. The second kappa shape index (κ2) is 9.62. The number of halogens is 3. The van der Waals surface area contributed by atoms with Gasteiger partial charge in [-0.05, 0) is 35.9 Å². The molecule has 3 rings (SSSR count). The molecule has 29 heavy (non-hydrogen) atoms. The highest BCUT2D eigenvalue weighted by molar-refractivity contribution is 9.10.